The van der Waals surface area contributed by atoms with Gasteiger partial charge in [-0.2, -0.15) is 5.10 Å². The molecule has 0 saturated carbocycles. The molecule has 0 aromatic carbocycles. The van der Waals surface area contributed by atoms with Crippen molar-refractivity contribution >= 4 is 5.96 Å². The summed E-state index contributed by atoms with van der Waals surface area (Å²) in [6.07, 6.45) is 1.85. The zero-order valence-electron chi connectivity index (χ0n) is 16.4. The molecule has 3 heterocycles. The number of rotatable bonds is 5. The molecule has 0 bridgehead atoms. The first-order valence-corrected chi connectivity index (χ1v) is 8.82. The van der Waals surface area contributed by atoms with Gasteiger partial charge >= 0.3 is 0 Å². The van der Waals surface area contributed by atoms with Crippen molar-refractivity contribution in [2.45, 2.75) is 40.8 Å². The maximum absolute atomic E-state index is 5.18. The fraction of sp³-hybridized carbons (Fsp3) is 0.368. The van der Waals surface area contributed by atoms with E-state index in [9.17, 15) is 0 Å². The Hall–Kier alpha value is -3.16. The van der Waals surface area contributed by atoms with Crippen LogP contribution in [0.3, 0.4) is 0 Å². The lowest BCUT2D eigenvalue weighted by atomic mass is 10.2. The maximum Gasteiger partial charge on any atom is 0.191 e. The van der Waals surface area contributed by atoms with Gasteiger partial charge in [-0.25, -0.2) is 9.67 Å². The number of hydrogen-bond donors (Lipinski definition) is 2. The average molecular weight is 367 g/mol. The van der Waals surface area contributed by atoms with Gasteiger partial charge in [-0.3, -0.25) is 4.99 Å². The molecule has 142 valence electrons. The zero-order chi connectivity index (χ0) is 19.4. The van der Waals surface area contributed by atoms with E-state index in [1.165, 1.54) is 0 Å². The molecule has 0 spiro atoms. The molecule has 3 aromatic rings. The van der Waals surface area contributed by atoms with Crippen molar-refractivity contribution in [3.8, 4) is 5.82 Å². The Balaban J connectivity index is 1.58. The molecule has 27 heavy (non-hydrogen) atoms. The van der Waals surface area contributed by atoms with Crippen LogP contribution in [-0.2, 0) is 13.1 Å². The number of aromatic nitrogens is 4. The molecule has 0 aliphatic carbocycles. The van der Waals surface area contributed by atoms with Gasteiger partial charge in [0.1, 0.15) is 5.76 Å². The minimum absolute atomic E-state index is 0.607. The lowest BCUT2D eigenvalue weighted by molar-refractivity contribution is 0.392. The predicted octanol–water partition coefficient (Wildman–Crippen LogP) is 2.35. The van der Waals surface area contributed by atoms with E-state index in [0.717, 1.165) is 39.8 Å². The van der Waals surface area contributed by atoms with E-state index in [1.807, 2.05) is 56.8 Å². The molecular formula is C19H25N7O. The molecule has 3 rings (SSSR count). The molecule has 0 unspecified atom stereocenters. The van der Waals surface area contributed by atoms with E-state index in [2.05, 4.69) is 30.9 Å². The van der Waals surface area contributed by atoms with Gasteiger partial charge in [0.25, 0.3) is 0 Å². The lowest BCUT2D eigenvalue weighted by Gasteiger charge is -2.12. The van der Waals surface area contributed by atoms with E-state index in [1.54, 1.807) is 7.05 Å². The van der Waals surface area contributed by atoms with Crippen LogP contribution < -0.4 is 10.6 Å². The van der Waals surface area contributed by atoms with Crippen molar-refractivity contribution < 1.29 is 4.52 Å². The molecule has 0 aliphatic rings. The monoisotopic (exact) mass is 367 g/mol. The number of aliphatic imine (C=N–C) groups is 1. The van der Waals surface area contributed by atoms with Crippen molar-refractivity contribution in [1.29, 1.82) is 0 Å². The minimum Gasteiger partial charge on any atom is -0.361 e. The van der Waals surface area contributed by atoms with Gasteiger partial charge in [-0.05, 0) is 45.4 Å². The van der Waals surface area contributed by atoms with Gasteiger partial charge in [0.15, 0.2) is 11.8 Å². The van der Waals surface area contributed by atoms with Gasteiger partial charge in [-0.1, -0.05) is 11.2 Å². The van der Waals surface area contributed by atoms with Gasteiger partial charge in [0.05, 0.1) is 11.4 Å². The molecule has 8 heteroatoms. The number of nitrogens with zero attached hydrogens (tertiary/aromatic N) is 5. The predicted molar refractivity (Wildman–Crippen MR) is 104 cm³/mol. The quantitative estimate of drug-likeness (QED) is 0.531. The van der Waals surface area contributed by atoms with E-state index in [4.69, 9.17) is 4.52 Å². The Labute approximate surface area is 158 Å². The third-order valence-electron chi connectivity index (χ3n) is 4.33. The second-order valence-corrected chi connectivity index (χ2v) is 6.45. The van der Waals surface area contributed by atoms with E-state index in [-0.39, 0.29) is 0 Å². The van der Waals surface area contributed by atoms with Crippen molar-refractivity contribution in [2.24, 2.45) is 4.99 Å². The lowest BCUT2D eigenvalue weighted by Crippen LogP contribution is -2.36. The Kier molecular flexibility index (Phi) is 5.54. The molecule has 3 aromatic heterocycles. The third-order valence-corrected chi connectivity index (χ3v) is 4.33. The molecule has 0 amide bonds. The number of nitrogens with one attached hydrogen (secondary N) is 2. The van der Waals surface area contributed by atoms with Gasteiger partial charge in [-0.15, -0.1) is 0 Å². The van der Waals surface area contributed by atoms with Crippen LogP contribution in [0.5, 0.6) is 0 Å². The number of aryl methyl sites for hydroxylation is 4. The molecule has 0 aliphatic heterocycles. The van der Waals surface area contributed by atoms with Crippen molar-refractivity contribution in [3.63, 3.8) is 0 Å². The second-order valence-electron chi connectivity index (χ2n) is 6.45. The first-order valence-electron chi connectivity index (χ1n) is 8.82. The van der Waals surface area contributed by atoms with Crippen LogP contribution in [0.25, 0.3) is 5.82 Å². The summed E-state index contributed by atoms with van der Waals surface area (Å²) >= 11 is 0. The highest BCUT2D eigenvalue weighted by Gasteiger charge is 2.09. The van der Waals surface area contributed by atoms with Crippen LogP contribution in [0, 0.1) is 27.7 Å². The molecule has 2 N–H and O–H groups in total. The first kappa shape index (κ1) is 18.6. The standard InChI is InChI=1S/C19H25N7O/c1-12-8-13(2)26(24-12)18-7-6-16(9-21-18)10-22-19(20-5)23-11-17-14(3)25-27-15(17)4/h6-9H,10-11H2,1-5H3,(H2,20,22,23). The zero-order valence-corrected chi connectivity index (χ0v) is 16.4. The Bertz CT molecular complexity index is 918. The van der Waals surface area contributed by atoms with Crippen molar-refractivity contribution in [1.82, 2.24) is 30.6 Å². The fourth-order valence-corrected chi connectivity index (χ4v) is 2.84. The largest absolute Gasteiger partial charge is 0.361 e. The summed E-state index contributed by atoms with van der Waals surface area (Å²) in [7, 11) is 1.74. The molecule has 0 atom stereocenters. The normalized spacial score (nSPS) is 11.7. The highest BCUT2D eigenvalue weighted by atomic mass is 16.5. The number of pyridine rings is 1. The van der Waals surface area contributed by atoms with Crippen LogP contribution >= 0.6 is 0 Å². The summed E-state index contributed by atoms with van der Waals surface area (Å²) in [5, 5.41) is 15.0. The molecular weight excluding hydrogens is 342 g/mol. The van der Waals surface area contributed by atoms with E-state index in [0.29, 0.717) is 19.0 Å². The Morgan fingerprint density at radius 3 is 2.48 bits per heavy atom. The van der Waals surface area contributed by atoms with Gasteiger partial charge < -0.3 is 15.2 Å². The van der Waals surface area contributed by atoms with Gasteiger partial charge in [0, 0.05) is 37.6 Å². The molecule has 8 nitrogen and oxygen atoms in total. The second kappa shape index (κ2) is 8.03. The third kappa shape index (κ3) is 4.33. The number of guanidine groups is 1. The summed E-state index contributed by atoms with van der Waals surface area (Å²) in [5.74, 6) is 2.34. The molecule has 0 fully saturated rings. The smallest absolute Gasteiger partial charge is 0.191 e. The fourth-order valence-electron chi connectivity index (χ4n) is 2.84. The van der Waals surface area contributed by atoms with Crippen LogP contribution in [-0.4, -0.2) is 32.9 Å². The Morgan fingerprint density at radius 1 is 1.15 bits per heavy atom. The van der Waals surface area contributed by atoms with E-state index >= 15 is 0 Å². The van der Waals surface area contributed by atoms with Gasteiger partial charge in [0.2, 0.25) is 0 Å². The molecule has 0 radical (unpaired) electrons. The summed E-state index contributed by atoms with van der Waals surface area (Å²) < 4.78 is 7.03. The van der Waals surface area contributed by atoms with Crippen LogP contribution in [0.2, 0.25) is 0 Å². The maximum atomic E-state index is 5.18. The van der Waals surface area contributed by atoms with E-state index < -0.39 is 0 Å². The summed E-state index contributed by atoms with van der Waals surface area (Å²) in [6, 6.07) is 6.04. The summed E-state index contributed by atoms with van der Waals surface area (Å²) in [5.41, 5.74) is 5.04. The average Bonchev–Trinajstić information content (AvgIpc) is 3.17. The van der Waals surface area contributed by atoms with Crippen LogP contribution in [0.15, 0.2) is 33.9 Å². The topological polar surface area (TPSA) is 93.2 Å². The summed E-state index contributed by atoms with van der Waals surface area (Å²) in [4.78, 5) is 8.77. The summed E-state index contributed by atoms with van der Waals surface area (Å²) in [6.45, 7) is 9.05. The van der Waals surface area contributed by atoms with Crippen LogP contribution in [0.1, 0.15) is 34.0 Å². The highest BCUT2D eigenvalue weighted by molar-refractivity contribution is 5.79. The van der Waals surface area contributed by atoms with Crippen molar-refractivity contribution in [3.05, 3.63) is 58.4 Å². The molecule has 0 saturated heterocycles. The number of hydrogen-bond acceptors (Lipinski definition) is 5. The van der Waals surface area contributed by atoms with Crippen molar-refractivity contribution in [2.75, 3.05) is 7.05 Å². The van der Waals surface area contributed by atoms with Crippen LogP contribution in [0.4, 0.5) is 0 Å². The minimum atomic E-state index is 0.607. The Morgan fingerprint density at radius 2 is 1.93 bits per heavy atom. The first-order chi connectivity index (χ1) is 13.0. The SMILES string of the molecule is CN=C(NCc1ccc(-n2nc(C)cc2C)nc1)NCc1c(C)noc1C. The highest BCUT2D eigenvalue weighted by Crippen LogP contribution is 2.12.